The summed E-state index contributed by atoms with van der Waals surface area (Å²) in [5.41, 5.74) is 3.90. The zero-order chi connectivity index (χ0) is 13.9. The molecule has 1 aromatic heterocycles. The molecule has 2 aromatic carbocycles. The van der Waals surface area contributed by atoms with Gasteiger partial charge in [0.2, 0.25) is 0 Å². The number of H-pyrrole nitrogens is 1. The van der Waals surface area contributed by atoms with Crippen LogP contribution in [0.2, 0.25) is 0 Å². The van der Waals surface area contributed by atoms with Gasteiger partial charge in [-0.1, -0.05) is 43.3 Å². The summed E-state index contributed by atoms with van der Waals surface area (Å²) in [5.74, 6) is 0.759. The van der Waals surface area contributed by atoms with Gasteiger partial charge in [0, 0.05) is 16.6 Å². The van der Waals surface area contributed by atoms with Gasteiger partial charge >= 0.3 is 0 Å². The maximum atomic E-state index is 9.40. The number of benzene rings is 2. The minimum absolute atomic E-state index is 0.659. The van der Waals surface area contributed by atoms with Crippen molar-refractivity contribution in [2.75, 3.05) is 5.32 Å². The third-order valence-electron chi connectivity index (χ3n) is 3.48. The van der Waals surface area contributed by atoms with E-state index >= 15 is 0 Å². The molecule has 0 bridgehead atoms. The van der Waals surface area contributed by atoms with E-state index in [-0.39, 0.29) is 0 Å². The van der Waals surface area contributed by atoms with E-state index in [0.29, 0.717) is 5.56 Å². The number of anilines is 2. The summed E-state index contributed by atoms with van der Waals surface area (Å²) in [4.78, 5) is 3.28. The fraction of sp³-hybridized carbons (Fsp3) is 0.118. The molecule has 0 spiro atoms. The highest BCUT2D eigenvalue weighted by Crippen LogP contribution is 2.29. The number of nitriles is 1. The number of nitrogens with zero attached hydrogens (tertiary/aromatic N) is 1. The Morgan fingerprint density at radius 3 is 2.65 bits per heavy atom. The molecule has 3 rings (SSSR count). The Morgan fingerprint density at radius 1 is 1.10 bits per heavy atom. The van der Waals surface area contributed by atoms with Crippen LogP contribution in [-0.4, -0.2) is 4.98 Å². The standard InChI is InChI=1S/C17H15N3/c1-2-12-7-3-5-9-15(12)19-17-14(11-18)13-8-4-6-10-16(13)20-17/h3-10,19-20H,2H2,1H3. The van der Waals surface area contributed by atoms with E-state index < -0.39 is 0 Å². The van der Waals surface area contributed by atoms with E-state index in [9.17, 15) is 5.26 Å². The van der Waals surface area contributed by atoms with E-state index in [2.05, 4.69) is 29.4 Å². The number of aryl methyl sites for hydroxylation is 1. The fourth-order valence-electron chi connectivity index (χ4n) is 2.44. The minimum atomic E-state index is 0.659. The van der Waals surface area contributed by atoms with Crippen LogP contribution in [0.25, 0.3) is 10.9 Å². The third kappa shape index (κ3) is 2.02. The lowest BCUT2D eigenvalue weighted by Gasteiger charge is -2.09. The van der Waals surface area contributed by atoms with Crippen LogP contribution in [0, 0.1) is 11.3 Å². The first-order valence-corrected chi connectivity index (χ1v) is 6.69. The lowest BCUT2D eigenvalue weighted by atomic mass is 10.1. The van der Waals surface area contributed by atoms with Crippen LogP contribution >= 0.6 is 0 Å². The molecule has 3 nitrogen and oxygen atoms in total. The van der Waals surface area contributed by atoms with Crippen LogP contribution < -0.4 is 5.32 Å². The van der Waals surface area contributed by atoms with Gasteiger partial charge in [0.05, 0.1) is 0 Å². The summed E-state index contributed by atoms with van der Waals surface area (Å²) in [6.45, 7) is 2.12. The average molecular weight is 261 g/mol. The second-order valence-electron chi connectivity index (χ2n) is 4.67. The minimum Gasteiger partial charge on any atom is -0.340 e. The van der Waals surface area contributed by atoms with Crippen molar-refractivity contribution in [2.45, 2.75) is 13.3 Å². The molecule has 0 unspecified atom stereocenters. The smallest absolute Gasteiger partial charge is 0.127 e. The Kier molecular flexibility index (Phi) is 3.14. The lowest BCUT2D eigenvalue weighted by molar-refractivity contribution is 1.14. The van der Waals surface area contributed by atoms with Gasteiger partial charge < -0.3 is 10.3 Å². The van der Waals surface area contributed by atoms with E-state index in [0.717, 1.165) is 28.8 Å². The Balaban J connectivity index is 2.09. The maximum Gasteiger partial charge on any atom is 0.127 e. The number of aromatic amines is 1. The highest BCUT2D eigenvalue weighted by molar-refractivity contribution is 5.92. The summed E-state index contributed by atoms with van der Waals surface area (Å²) < 4.78 is 0. The molecule has 20 heavy (non-hydrogen) atoms. The highest BCUT2D eigenvalue weighted by atomic mass is 15.0. The van der Waals surface area contributed by atoms with Gasteiger partial charge in [-0.05, 0) is 24.1 Å². The molecule has 0 saturated carbocycles. The van der Waals surface area contributed by atoms with Gasteiger partial charge in [-0.25, -0.2) is 0 Å². The molecule has 2 N–H and O–H groups in total. The lowest BCUT2D eigenvalue weighted by Crippen LogP contribution is -1.96. The Hall–Kier alpha value is -2.73. The predicted molar refractivity (Wildman–Crippen MR) is 82.1 cm³/mol. The fourth-order valence-corrected chi connectivity index (χ4v) is 2.44. The molecule has 0 saturated heterocycles. The van der Waals surface area contributed by atoms with Crippen LogP contribution in [0.5, 0.6) is 0 Å². The average Bonchev–Trinajstić information content (AvgIpc) is 2.85. The van der Waals surface area contributed by atoms with Crippen molar-refractivity contribution < 1.29 is 0 Å². The molecule has 0 amide bonds. The van der Waals surface area contributed by atoms with Crippen LogP contribution in [-0.2, 0) is 6.42 Å². The SMILES string of the molecule is CCc1ccccc1Nc1[nH]c2ccccc2c1C#N. The van der Waals surface area contributed by atoms with Crippen molar-refractivity contribution >= 4 is 22.4 Å². The number of hydrogen-bond acceptors (Lipinski definition) is 2. The van der Waals surface area contributed by atoms with E-state index in [1.54, 1.807) is 0 Å². The number of rotatable bonds is 3. The number of aromatic nitrogens is 1. The first-order chi connectivity index (χ1) is 9.83. The van der Waals surface area contributed by atoms with Crippen LogP contribution in [0.1, 0.15) is 18.1 Å². The van der Waals surface area contributed by atoms with E-state index in [1.807, 2.05) is 42.5 Å². The largest absolute Gasteiger partial charge is 0.340 e. The normalized spacial score (nSPS) is 10.4. The summed E-state index contributed by atoms with van der Waals surface area (Å²) in [7, 11) is 0. The van der Waals surface area contributed by atoms with Gasteiger partial charge in [0.1, 0.15) is 17.5 Å². The second kappa shape index (κ2) is 5.10. The quantitative estimate of drug-likeness (QED) is 0.736. The third-order valence-corrected chi connectivity index (χ3v) is 3.48. The number of fused-ring (bicyclic) bond motifs is 1. The molecular weight excluding hydrogens is 246 g/mol. The predicted octanol–water partition coefficient (Wildman–Crippen LogP) is 4.35. The molecule has 0 aliphatic carbocycles. The van der Waals surface area contributed by atoms with Crippen molar-refractivity contribution in [1.29, 1.82) is 5.26 Å². The molecule has 3 aromatic rings. The molecule has 0 radical (unpaired) electrons. The van der Waals surface area contributed by atoms with Crippen molar-refractivity contribution in [1.82, 2.24) is 4.98 Å². The Bertz CT molecular complexity index is 793. The monoisotopic (exact) mass is 261 g/mol. The topological polar surface area (TPSA) is 51.6 Å². The first-order valence-electron chi connectivity index (χ1n) is 6.69. The van der Waals surface area contributed by atoms with Gasteiger partial charge in [0.25, 0.3) is 0 Å². The van der Waals surface area contributed by atoms with Crippen molar-refractivity contribution in [3.63, 3.8) is 0 Å². The van der Waals surface area contributed by atoms with E-state index in [4.69, 9.17) is 0 Å². The van der Waals surface area contributed by atoms with Crippen LogP contribution in [0.4, 0.5) is 11.5 Å². The summed E-state index contributed by atoms with van der Waals surface area (Å²) in [6, 6.07) is 18.3. The van der Waals surface area contributed by atoms with E-state index in [1.165, 1.54) is 5.56 Å². The van der Waals surface area contributed by atoms with Gasteiger partial charge in [-0.15, -0.1) is 0 Å². The number of hydrogen-bond donors (Lipinski definition) is 2. The summed E-state index contributed by atoms with van der Waals surface area (Å²) in [5, 5.41) is 13.7. The van der Waals surface area contributed by atoms with Gasteiger partial charge in [0.15, 0.2) is 0 Å². The first kappa shape index (κ1) is 12.3. The molecule has 3 heteroatoms. The van der Waals surface area contributed by atoms with Gasteiger partial charge in [-0.3, -0.25) is 0 Å². The highest BCUT2D eigenvalue weighted by Gasteiger charge is 2.11. The molecule has 0 fully saturated rings. The Labute approximate surface area is 117 Å². The number of nitrogens with one attached hydrogen (secondary N) is 2. The molecule has 0 atom stereocenters. The van der Waals surface area contributed by atoms with Crippen LogP contribution in [0.15, 0.2) is 48.5 Å². The second-order valence-corrected chi connectivity index (χ2v) is 4.67. The zero-order valence-corrected chi connectivity index (χ0v) is 11.3. The summed E-state index contributed by atoms with van der Waals surface area (Å²) in [6.07, 6.45) is 0.950. The molecule has 0 aliphatic heterocycles. The molecular formula is C17H15N3. The maximum absolute atomic E-state index is 9.40. The van der Waals surface area contributed by atoms with Crippen molar-refractivity contribution in [3.8, 4) is 6.07 Å². The Morgan fingerprint density at radius 2 is 1.85 bits per heavy atom. The van der Waals surface area contributed by atoms with Crippen molar-refractivity contribution in [2.24, 2.45) is 0 Å². The van der Waals surface area contributed by atoms with Gasteiger partial charge in [-0.2, -0.15) is 5.26 Å². The molecule has 1 heterocycles. The van der Waals surface area contributed by atoms with Crippen molar-refractivity contribution in [3.05, 3.63) is 59.7 Å². The van der Waals surface area contributed by atoms with Crippen LogP contribution in [0.3, 0.4) is 0 Å². The number of para-hydroxylation sites is 2. The molecule has 0 aliphatic rings. The zero-order valence-electron chi connectivity index (χ0n) is 11.3. The molecule has 98 valence electrons. The summed E-state index contributed by atoms with van der Waals surface area (Å²) >= 11 is 0.